The molecular formula is C79H72Br3ClF2N20O8+4. The highest BCUT2D eigenvalue weighted by molar-refractivity contribution is 9.11. The van der Waals surface area contributed by atoms with Gasteiger partial charge in [0, 0.05) is 119 Å². The highest BCUT2D eigenvalue weighted by atomic mass is 79.9. The molecule has 4 aromatic carbocycles. The molecule has 0 saturated carbocycles. The van der Waals surface area contributed by atoms with Gasteiger partial charge in [-0.15, -0.1) is 0 Å². The maximum Gasteiger partial charge on any atom is 0.435 e. The number of halogens is 6. The van der Waals surface area contributed by atoms with Gasteiger partial charge in [0.05, 0.1) is 107 Å². The van der Waals surface area contributed by atoms with E-state index in [2.05, 4.69) is 99.4 Å². The number of hydrogen-bond acceptors (Lipinski definition) is 20. The molecular weight excluding hydrogens is 1670 g/mol. The number of fused-ring (bicyclic) bond motifs is 4. The van der Waals surface area contributed by atoms with Gasteiger partial charge in [-0.05, 0) is 110 Å². The van der Waals surface area contributed by atoms with Crippen LogP contribution in [0.3, 0.4) is 0 Å². The zero-order valence-electron chi connectivity index (χ0n) is 60.9. The third kappa shape index (κ3) is 18.1. The van der Waals surface area contributed by atoms with Crippen molar-refractivity contribution < 1.29 is 67.5 Å². The van der Waals surface area contributed by atoms with Gasteiger partial charge in [-0.3, -0.25) is 20.8 Å². The summed E-state index contributed by atoms with van der Waals surface area (Å²) in [6, 6.07) is 52.7. The van der Waals surface area contributed by atoms with Crippen LogP contribution in [0.15, 0.2) is 239 Å². The predicted octanol–water partition coefficient (Wildman–Crippen LogP) is 14.3. The molecule has 34 heteroatoms. The first-order valence-corrected chi connectivity index (χ1v) is 37.6. The lowest BCUT2D eigenvalue weighted by molar-refractivity contribution is -0.906. The van der Waals surface area contributed by atoms with E-state index >= 15 is 0 Å². The van der Waals surface area contributed by atoms with Crippen LogP contribution in [0.5, 0.6) is 23.5 Å². The van der Waals surface area contributed by atoms with Crippen molar-refractivity contribution in [2.45, 2.75) is 46.4 Å². The highest BCUT2D eigenvalue weighted by Gasteiger charge is 2.23. The Morgan fingerprint density at radius 3 is 1.14 bits per heavy atom. The number of methoxy groups -OCH3 is 3. The van der Waals surface area contributed by atoms with Gasteiger partial charge in [0.25, 0.3) is 0 Å². The summed E-state index contributed by atoms with van der Waals surface area (Å²) in [6.07, 6.45) is 13.8. The number of aromatic nitrogens is 16. The van der Waals surface area contributed by atoms with Gasteiger partial charge in [-0.1, -0.05) is 103 Å². The first-order chi connectivity index (χ1) is 54.9. The van der Waals surface area contributed by atoms with Crippen LogP contribution in [-0.2, 0) is 32.6 Å². The van der Waals surface area contributed by atoms with E-state index in [4.69, 9.17) is 40.5 Å². The Labute approximate surface area is 674 Å². The van der Waals surface area contributed by atoms with Crippen LogP contribution in [0.25, 0.3) is 67.6 Å². The molecule has 0 atom stereocenters. The van der Waals surface area contributed by atoms with Gasteiger partial charge in [0.2, 0.25) is 24.8 Å². The fourth-order valence-electron chi connectivity index (χ4n) is 11.8. The Morgan fingerprint density at radius 1 is 0.407 bits per heavy atom. The Balaban J connectivity index is 0.000000132. The van der Waals surface area contributed by atoms with Gasteiger partial charge in [-0.25, -0.2) is 28.7 Å². The molecule has 0 unspecified atom stereocenters. The quantitative estimate of drug-likeness (QED) is 0.0231. The van der Waals surface area contributed by atoms with Crippen molar-refractivity contribution in [3.8, 4) is 68.5 Å². The molecule has 0 saturated heterocycles. The molecule has 0 spiro atoms. The van der Waals surface area contributed by atoms with E-state index in [1.54, 1.807) is 134 Å². The summed E-state index contributed by atoms with van der Waals surface area (Å²) < 4.78 is 61.9. The highest BCUT2D eigenvalue weighted by Crippen LogP contribution is 2.33. The molecule has 16 rings (SSSR count). The molecule has 574 valence electrons. The second kappa shape index (κ2) is 35.9. The van der Waals surface area contributed by atoms with Crippen LogP contribution in [0.1, 0.15) is 41.7 Å². The third-order valence-corrected chi connectivity index (χ3v) is 19.3. The lowest BCUT2D eigenvalue weighted by Crippen LogP contribution is -2.33. The van der Waals surface area contributed by atoms with E-state index in [1.165, 1.54) is 39.7 Å². The van der Waals surface area contributed by atoms with E-state index in [0.717, 1.165) is 102 Å². The first-order valence-electron chi connectivity index (χ1n) is 34.9. The first kappa shape index (κ1) is 78.3. The van der Waals surface area contributed by atoms with E-state index in [-0.39, 0.29) is 17.5 Å². The van der Waals surface area contributed by atoms with Crippen molar-refractivity contribution in [3.05, 3.63) is 283 Å². The minimum absolute atomic E-state index is 0.180. The van der Waals surface area contributed by atoms with Crippen molar-refractivity contribution in [1.82, 2.24) is 58.4 Å². The average molecular weight is 1740 g/mol. The maximum atomic E-state index is 14.4. The van der Waals surface area contributed by atoms with Crippen LogP contribution < -0.4 is 59.1 Å². The Hall–Kier alpha value is -12.9. The molecule has 0 fully saturated rings. The molecule has 12 aromatic heterocycles. The van der Waals surface area contributed by atoms with Crippen LogP contribution in [-0.4, -0.2) is 107 Å². The Morgan fingerprint density at radius 2 is 0.761 bits per heavy atom. The smallest absolute Gasteiger partial charge is 0.435 e. The lowest BCUT2D eigenvalue weighted by Gasteiger charge is -2.11. The molecule has 8 N–H and O–H groups in total. The predicted molar refractivity (Wildman–Crippen MR) is 427 cm³/mol. The molecule has 0 aliphatic carbocycles. The molecule has 0 bridgehead atoms. The largest absolute Gasteiger partial charge is 0.445 e. The number of benzene rings is 4. The molecule has 12 heterocycles. The normalized spacial score (nSPS) is 11.0. The summed E-state index contributed by atoms with van der Waals surface area (Å²) in [6.45, 7) is 6.12. The summed E-state index contributed by atoms with van der Waals surface area (Å²) >= 11 is 16.6. The van der Waals surface area contributed by atoms with Gasteiger partial charge < -0.3 is 40.2 Å². The number of nitrogens with zero attached hydrogens (tertiary/aromatic N) is 16. The second-order valence-corrected chi connectivity index (χ2v) is 27.7. The molecule has 0 radical (unpaired) electrons. The maximum absolute atomic E-state index is 14.4. The third-order valence-electron chi connectivity index (χ3n) is 17.3. The zero-order valence-corrected chi connectivity index (χ0v) is 66.5. The van der Waals surface area contributed by atoms with Crippen molar-refractivity contribution in [3.63, 3.8) is 0 Å². The fraction of sp³-hybridized carbons (Fsp3) is 0.139. The minimum atomic E-state index is -0.350. The molecule has 28 nitrogen and oxygen atoms in total. The summed E-state index contributed by atoms with van der Waals surface area (Å²) in [7, 11) is 4.41. The van der Waals surface area contributed by atoms with Crippen molar-refractivity contribution in [2.75, 3.05) is 49.2 Å². The van der Waals surface area contributed by atoms with Crippen LogP contribution in [0, 0.1) is 11.6 Å². The van der Waals surface area contributed by atoms with E-state index in [9.17, 15) is 29.6 Å². The van der Waals surface area contributed by atoms with Gasteiger partial charge in [-0.2, -0.15) is 38.5 Å². The van der Waals surface area contributed by atoms with Gasteiger partial charge in [0.1, 0.15) is 34.9 Å². The standard InChI is InChI=1S/C21H21FN5O2.C20H19BrN5O2.C19H16BrClN5O2.C19H16BrFN5O2/c1-3-15-12-24-27-19(23-11-14-8-9-20(29-2)26(28)13-14)10-18(25-21(15)27)16-6-4-5-7-17(16)22;1-2-28-19-9-8-14(13-25(19)27)11-22-18-10-17(15-6-4-3-5-7-15)24-20-16(21)12-23-26(18)20;1-28-19-15(21)7-12(11-25(19)27)9-22-17-8-16(13-5-3-2-4-6-13)24-18-14(20)10-23-26(17)18;1-28-18-7-6-12(11-25(18)27)9-22-17-8-16(13-4-2-3-5-15(13)21)24-19-14(20)10-23-26(17)19/h4-10,12-13,23,28H,3,11H2,1-2H3;3-10,12-13,22,27H,2,11H2,1H3;2*2-8,10-11,22,27H,9H2,1H3/q4*+1. The van der Waals surface area contributed by atoms with Gasteiger partial charge in [0.15, 0.2) is 27.6 Å². The van der Waals surface area contributed by atoms with E-state index < -0.39 is 0 Å². The second-order valence-electron chi connectivity index (χ2n) is 24.7. The summed E-state index contributed by atoms with van der Waals surface area (Å²) in [5, 5.41) is 70.9. The Kier molecular flexibility index (Phi) is 24.9. The van der Waals surface area contributed by atoms with Crippen LogP contribution >= 0.6 is 59.4 Å². The molecule has 0 aliphatic heterocycles. The zero-order chi connectivity index (χ0) is 79.2. The number of ether oxygens (including phenoxy) is 4. The summed E-state index contributed by atoms with van der Waals surface area (Å²) in [5.74, 6) is 3.43. The van der Waals surface area contributed by atoms with Crippen molar-refractivity contribution >= 4 is 105 Å². The number of rotatable bonds is 22. The molecule has 0 amide bonds. The molecule has 113 heavy (non-hydrogen) atoms. The fourth-order valence-corrected chi connectivity index (χ4v) is 13.1. The number of aryl methyl sites for hydroxylation is 1. The average Bonchev–Trinajstić information content (AvgIpc) is 1.69. The van der Waals surface area contributed by atoms with E-state index in [1.807, 2.05) is 105 Å². The topological polar surface area (TPSA) is 302 Å². The van der Waals surface area contributed by atoms with Crippen molar-refractivity contribution in [2.24, 2.45) is 0 Å². The van der Waals surface area contributed by atoms with Crippen LogP contribution in [0.4, 0.5) is 32.1 Å². The van der Waals surface area contributed by atoms with Crippen molar-refractivity contribution in [1.29, 1.82) is 0 Å². The summed E-state index contributed by atoms with van der Waals surface area (Å²) in [5.41, 5.74) is 12.5. The molecule has 16 aromatic rings. The number of anilines is 4. The SMILES string of the molecule is CCOc1ccc(CNc2cc(-c3ccccc3)nc3c(Br)cnn23)c[n+]1O.CCc1cnn2c(NCc3ccc(OC)[n+](O)c3)cc(-c3ccccc3F)nc12.COc1c(Cl)cc(CNc2cc(-c3ccccc3)nc3c(Br)cnn23)c[n+]1O.COc1ccc(CNc2cc(-c3ccccc3F)nc3c(Br)cnn23)c[n+]1O. The van der Waals surface area contributed by atoms with Gasteiger partial charge >= 0.3 is 23.5 Å². The lowest BCUT2D eigenvalue weighted by atomic mass is 10.1. The number of pyridine rings is 4. The monoisotopic (exact) mass is 1740 g/mol. The summed E-state index contributed by atoms with van der Waals surface area (Å²) in [4.78, 5) is 18.6. The minimum Gasteiger partial charge on any atom is -0.445 e. The number of hydrogen-bond donors (Lipinski definition) is 8. The van der Waals surface area contributed by atoms with Crippen LogP contribution in [0.2, 0.25) is 5.02 Å². The Bertz CT molecular complexity index is 6050. The molecule has 0 aliphatic rings. The van der Waals surface area contributed by atoms with E-state index in [0.29, 0.717) is 111 Å². The number of nitrogens with one attached hydrogen (secondary N) is 4.